The average molecular weight is 318 g/mol. The highest BCUT2D eigenvalue weighted by molar-refractivity contribution is 5.93. The summed E-state index contributed by atoms with van der Waals surface area (Å²) in [4.78, 5) is 15.8. The molecule has 2 saturated heterocycles. The summed E-state index contributed by atoms with van der Waals surface area (Å²) in [6.45, 7) is 8.04. The van der Waals surface area contributed by atoms with E-state index in [0.717, 1.165) is 56.3 Å². The molecule has 126 valence electrons. The van der Waals surface area contributed by atoms with Crippen LogP contribution in [0, 0.1) is 5.41 Å². The molecule has 0 N–H and O–H groups in total. The van der Waals surface area contributed by atoms with Crippen molar-refractivity contribution in [3.63, 3.8) is 0 Å². The Labute approximate surface area is 138 Å². The molecule has 0 bridgehead atoms. The Morgan fingerprint density at radius 1 is 1.35 bits per heavy atom. The number of hydrogen-bond acceptors (Lipinski definition) is 4. The minimum absolute atomic E-state index is 0.00705. The lowest BCUT2D eigenvalue weighted by atomic mass is 9.73. The van der Waals surface area contributed by atoms with Gasteiger partial charge in [0.1, 0.15) is 5.75 Å². The molecule has 2 heterocycles. The largest absolute Gasteiger partial charge is 0.492 e. The Balaban J connectivity index is 1.78. The topological polar surface area (TPSA) is 42.0 Å². The Morgan fingerprint density at radius 2 is 2.04 bits per heavy atom. The lowest BCUT2D eigenvalue weighted by Gasteiger charge is -2.53. The highest BCUT2D eigenvalue weighted by Gasteiger charge is 2.44. The van der Waals surface area contributed by atoms with Crippen LogP contribution in [0.25, 0.3) is 0 Å². The maximum absolute atomic E-state index is 11.8. The van der Waals surface area contributed by atoms with Gasteiger partial charge in [-0.3, -0.25) is 4.79 Å². The second-order valence-corrected chi connectivity index (χ2v) is 6.63. The number of anilines is 2. The highest BCUT2D eigenvalue weighted by Crippen LogP contribution is 2.43. The Bertz CT molecular complexity index is 574. The molecule has 0 unspecified atom stereocenters. The van der Waals surface area contributed by atoms with E-state index in [4.69, 9.17) is 9.47 Å². The molecular weight excluding hydrogens is 292 g/mol. The first-order valence-electron chi connectivity index (χ1n) is 8.38. The van der Waals surface area contributed by atoms with Crippen LogP contribution in [0.5, 0.6) is 5.75 Å². The third-order valence-corrected chi connectivity index (χ3v) is 5.05. The first-order chi connectivity index (χ1) is 11.0. The van der Waals surface area contributed by atoms with Gasteiger partial charge in [0.15, 0.2) is 0 Å². The molecule has 5 heteroatoms. The molecule has 0 saturated carbocycles. The van der Waals surface area contributed by atoms with Gasteiger partial charge in [-0.25, -0.2) is 0 Å². The van der Waals surface area contributed by atoms with Crippen molar-refractivity contribution in [2.45, 2.75) is 26.7 Å². The lowest BCUT2D eigenvalue weighted by Crippen LogP contribution is -2.58. The van der Waals surface area contributed by atoms with E-state index in [2.05, 4.69) is 17.0 Å². The number of benzene rings is 1. The van der Waals surface area contributed by atoms with Crippen LogP contribution in [-0.4, -0.2) is 45.9 Å². The number of rotatable bonds is 4. The van der Waals surface area contributed by atoms with Crippen molar-refractivity contribution >= 4 is 17.3 Å². The van der Waals surface area contributed by atoms with Gasteiger partial charge in [0, 0.05) is 51.4 Å². The first kappa shape index (κ1) is 16.1. The van der Waals surface area contributed by atoms with Crippen molar-refractivity contribution in [3.05, 3.63) is 18.2 Å². The van der Waals surface area contributed by atoms with Crippen molar-refractivity contribution in [3.8, 4) is 5.75 Å². The van der Waals surface area contributed by atoms with E-state index in [0.29, 0.717) is 12.0 Å². The van der Waals surface area contributed by atoms with Gasteiger partial charge in [0.05, 0.1) is 12.3 Å². The van der Waals surface area contributed by atoms with Crippen molar-refractivity contribution in [2.75, 3.05) is 49.8 Å². The zero-order valence-corrected chi connectivity index (χ0v) is 14.3. The third kappa shape index (κ3) is 3.15. The van der Waals surface area contributed by atoms with Crippen LogP contribution >= 0.6 is 0 Å². The van der Waals surface area contributed by atoms with E-state index in [1.807, 2.05) is 13.0 Å². The Kier molecular flexibility index (Phi) is 4.48. The van der Waals surface area contributed by atoms with E-state index in [-0.39, 0.29) is 5.91 Å². The van der Waals surface area contributed by atoms with E-state index in [1.54, 1.807) is 18.9 Å². The van der Waals surface area contributed by atoms with Gasteiger partial charge in [-0.05, 0) is 38.0 Å². The SMILES string of the molecule is CCOc1ccc(N2CC3(CCOCC3)C2)cc1N(C)C(C)=O. The average Bonchev–Trinajstić information content (AvgIpc) is 2.53. The second-order valence-electron chi connectivity index (χ2n) is 6.63. The van der Waals surface area contributed by atoms with Crippen LogP contribution in [0.15, 0.2) is 18.2 Å². The van der Waals surface area contributed by atoms with Gasteiger partial charge < -0.3 is 19.3 Å². The molecule has 2 aliphatic heterocycles. The Morgan fingerprint density at radius 3 is 2.65 bits per heavy atom. The molecule has 2 fully saturated rings. The van der Waals surface area contributed by atoms with E-state index in [9.17, 15) is 4.79 Å². The minimum Gasteiger partial charge on any atom is -0.492 e. The van der Waals surface area contributed by atoms with Crippen LogP contribution < -0.4 is 14.5 Å². The van der Waals surface area contributed by atoms with Gasteiger partial charge in [-0.2, -0.15) is 0 Å². The summed E-state index contributed by atoms with van der Waals surface area (Å²) in [6, 6.07) is 6.13. The minimum atomic E-state index is 0.00705. The Hall–Kier alpha value is -1.75. The molecule has 3 rings (SSSR count). The zero-order chi connectivity index (χ0) is 16.4. The van der Waals surface area contributed by atoms with Crippen molar-refractivity contribution in [1.29, 1.82) is 0 Å². The molecule has 5 nitrogen and oxygen atoms in total. The molecule has 2 aliphatic rings. The summed E-state index contributed by atoms with van der Waals surface area (Å²) >= 11 is 0. The zero-order valence-electron chi connectivity index (χ0n) is 14.3. The molecule has 23 heavy (non-hydrogen) atoms. The number of nitrogens with zero attached hydrogens (tertiary/aromatic N) is 2. The lowest BCUT2D eigenvalue weighted by molar-refractivity contribution is -0.116. The number of ether oxygens (including phenoxy) is 2. The number of hydrogen-bond donors (Lipinski definition) is 0. The molecular formula is C18H26N2O3. The highest BCUT2D eigenvalue weighted by atomic mass is 16.5. The van der Waals surface area contributed by atoms with Gasteiger partial charge in [0.2, 0.25) is 5.91 Å². The first-order valence-corrected chi connectivity index (χ1v) is 8.38. The molecule has 1 aromatic carbocycles. The fourth-order valence-electron chi connectivity index (χ4n) is 3.48. The summed E-state index contributed by atoms with van der Waals surface area (Å²) < 4.78 is 11.2. The number of carbonyl (C=O) groups is 1. The quantitative estimate of drug-likeness (QED) is 0.856. The van der Waals surface area contributed by atoms with Gasteiger partial charge in [-0.1, -0.05) is 0 Å². The maximum atomic E-state index is 11.8. The standard InChI is InChI=1S/C18H26N2O3/c1-4-23-17-6-5-15(11-16(17)19(3)14(2)21)20-12-18(13-20)7-9-22-10-8-18/h5-6,11H,4,7-10,12-13H2,1-3H3. The third-order valence-electron chi connectivity index (χ3n) is 5.05. The summed E-state index contributed by atoms with van der Waals surface area (Å²) in [5.74, 6) is 0.767. The molecule has 0 aromatic heterocycles. The van der Waals surface area contributed by atoms with Crippen LogP contribution in [0.3, 0.4) is 0 Å². The molecule has 0 aliphatic carbocycles. The molecule has 0 atom stereocenters. The normalized spacial score (nSPS) is 19.3. The maximum Gasteiger partial charge on any atom is 0.223 e. The molecule has 1 spiro atoms. The second kappa shape index (κ2) is 6.40. The van der Waals surface area contributed by atoms with Gasteiger partial charge in [-0.15, -0.1) is 0 Å². The number of amides is 1. The predicted molar refractivity (Wildman–Crippen MR) is 91.4 cm³/mol. The molecule has 1 aromatic rings. The van der Waals surface area contributed by atoms with Crippen LogP contribution in [-0.2, 0) is 9.53 Å². The smallest absolute Gasteiger partial charge is 0.223 e. The predicted octanol–water partition coefficient (Wildman–Crippen LogP) is 2.68. The fraction of sp³-hybridized carbons (Fsp3) is 0.611. The number of carbonyl (C=O) groups excluding carboxylic acids is 1. The summed E-state index contributed by atoms with van der Waals surface area (Å²) in [6.07, 6.45) is 2.31. The molecule has 0 radical (unpaired) electrons. The summed E-state index contributed by atoms with van der Waals surface area (Å²) in [7, 11) is 1.79. The van der Waals surface area contributed by atoms with Gasteiger partial charge >= 0.3 is 0 Å². The van der Waals surface area contributed by atoms with Crippen LogP contribution in [0.4, 0.5) is 11.4 Å². The fourth-order valence-corrected chi connectivity index (χ4v) is 3.48. The monoisotopic (exact) mass is 318 g/mol. The van der Waals surface area contributed by atoms with E-state index >= 15 is 0 Å². The van der Waals surface area contributed by atoms with E-state index < -0.39 is 0 Å². The van der Waals surface area contributed by atoms with Crippen molar-refractivity contribution < 1.29 is 14.3 Å². The van der Waals surface area contributed by atoms with E-state index in [1.165, 1.54) is 0 Å². The van der Waals surface area contributed by atoms with Crippen molar-refractivity contribution in [2.24, 2.45) is 5.41 Å². The van der Waals surface area contributed by atoms with Crippen LogP contribution in [0.1, 0.15) is 26.7 Å². The van der Waals surface area contributed by atoms with Crippen LogP contribution in [0.2, 0.25) is 0 Å². The summed E-state index contributed by atoms with van der Waals surface area (Å²) in [5.41, 5.74) is 2.43. The molecule has 1 amide bonds. The summed E-state index contributed by atoms with van der Waals surface area (Å²) in [5, 5.41) is 0. The van der Waals surface area contributed by atoms with Gasteiger partial charge in [0.25, 0.3) is 0 Å². The van der Waals surface area contributed by atoms with Crippen molar-refractivity contribution in [1.82, 2.24) is 0 Å².